The Hall–Kier alpha value is -3.74. The molecule has 42 heavy (non-hydrogen) atoms. The summed E-state index contributed by atoms with van der Waals surface area (Å²) in [7, 11) is 0. The molecule has 2 saturated heterocycles. The predicted molar refractivity (Wildman–Crippen MR) is 159 cm³/mol. The third-order valence-corrected chi connectivity index (χ3v) is 7.93. The highest BCUT2D eigenvalue weighted by molar-refractivity contribution is 5.59. The first-order chi connectivity index (χ1) is 20.6. The minimum absolute atomic E-state index is 0.140. The van der Waals surface area contributed by atoms with Gasteiger partial charge in [0.15, 0.2) is 12.1 Å². The topological polar surface area (TPSA) is 85.8 Å². The highest BCUT2D eigenvalue weighted by atomic mass is 16.7. The van der Waals surface area contributed by atoms with Crippen LogP contribution in [0, 0.1) is 11.8 Å². The van der Waals surface area contributed by atoms with Crippen molar-refractivity contribution in [2.24, 2.45) is 0 Å². The zero-order valence-corrected chi connectivity index (χ0v) is 24.1. The van der Waals surface area contributed by atoms with E-state index in [1.807, 2.05) is 48.0 Å². The van der Waals surface area contributed by atoms with Crippen molar-refractivity contribution >= 4 is 0 Å². The molecule has 0 aliphatic carbocycles. The van der Waals surface area contributed by atoms with Gasteiger partial charge in [0.1, 0.15) is 17.6 Å². The van der Waals surface area contributed by atoms with Crippen LogP contribution in [0.5, 0.6) is 0 Å². The molecule has 2 aliphatic heterocycles. The summed E-state index contributed by atoms with van der Waals surface area (Å²) >= 11 is 0. The number of piperidine rings is 1. The van der Waals surface area contributed by atoms with Crippen LogP contribution in [0.1, 0.15) is 73.3 Å². The molecule has 6 rings (SSSR count). The zero-order chi connectivity index (χ0) is 28.7. The number of aliphatic hydroxyl groups is 1. The number of aromatic nitrogens is 3. The van der Waals surface area contributed by atoms with E-state index in [9.17, 15) is 5.11 Å². The van der Waals surface area contributed by atoms with E-state index in [0.29, 0.717) is 12.3 Å². The van der Waals surface area contributed by atoms with Crippen molar-refractivity contribution in [2.45, 2.75) is 70.6 Å². The molecule has 2 fully saturated rings. The van der Waals surface area contributed by atoms with Crippen LogP contribution in [0.15, 0.2) is 71.5 Å². The average Bonchev–Trinajstić information content (AvgIpc) is 3.69. The third-order valence-electron chi connectivity index (χ3n) is 7.93. The van der Waals surface area contributed by atoms with Gasteiger partial charge in [-0.15, -0.1) is 0 Å². The van der Waals surface area contributed by atoms with Gasteiger partial charge in [-0.05, 0) is 81.0 Å². The van der Waals surface area contributed by atoms with Crippen LogP contribution in [0.4, 0.5) is 0 Å². The van der Waals surface area contributed by atoms with E-state index >= 15 is 0 Å². The maximum Gasteiger partial charge on any atom is 0.167 e. The normalized spacial score (nSPS) is 18.9. The lowest BCUT2D eigenvalue weighted by Crippen LogP contribution is -2.35. The number of aliphatic hydroxyl groups excluding tert-OH is 1. The molecule has 4 aromatic rings. The van der Waals surface area contributed by atoms with E-state index in [1.54, 1.807) is 6.20 Å². The molecule has 218 valence electrons. The highest BCUT2D eigenvalue weighted by Crippen LogP contribution is 2.25. The molecule has 8 heteroatoms. The summed E-state index contributed by atoms with van der Waals surface area (Å²) in [5, 5.41) is 14.0. The molecule has 1 unspecified atom stereocenters. The molecule has 0 bridgehead atoms. The van der Waals surface area contributed by atoms with Gasteiger partial charge in [-0.25, -0.2) is 4.98 Å². The molecule has 2 aromatic heterocycles. The van der Waals surface area contributed by atoms with Crippen LogP contribution in [0.3, 0.4) is 0 Å². The summed E-state index contributed by atoms with van der Waals surface area (Å²) in [5.74, 6) is 8.08. The minimum Gasteiger partial charge on any atom is -0.393 e. The van der Waals surface area contributed by atoms with Crippen LogP contribution in [-0.2, 0) is 22.6 Å². The Labute approximate surface area is 247 Å². The van der Waals surface area contributed by atoms with Gasteiger partial charge in [0.2, 0.25) is 0 Å². The van der Waals surface area contributed by atoms with E-state index in [1.165, 1.54) is 5.56 Å². The van der Waals surface area contributed by atoms with Crippen molar-refractivity contribution in [1.82, 2.24) is 19.6 Å². The number of hydrogen-bond acceptors (Lipinski definition) is 7. The van der Waals surface area contributed by atoms with Gasteiger partial charge < -0.3 is 23.7 Å². The summed E-state index contributed by atoms with van der Waals surface area (Å²) in [5.41, 5.74) is 4.96. The first-order valence-electron chi connectivity index (χ1n) is 14.9. The number of imidazole rings is 1. The van der Waals surface area contributed by atoms with E-state index in [0.717, 1.165) is 86.6 Å². The second-order valence-electron chi connectivity index (χ2n) is 11.2. The predicted octanol–water partition coefficient (Wildman–Crippen LogP) is 5.55. The first kappa shape index (κ1) is 28.4. The molecule has 0 saturated carbocycles. The maximum absolute atomic E-state index is 9.70. The fourth-order valence-corrected chi connectivity index (χ4v) is 5.51. The van der Waals surface area contributed by atoms with Crippen LogP contribution >= 0.6 is 0 Å². The largest absolute Gasteiger partial charge is 0.393 e. The van der Waals surface area contributed by atoms with Crippen molar-refractivity contribution in [3.05, 3.63) is 95.2 Å². The van der Waals surface area contributed by atoms with E-state index in [4.69, 9.17) is 14.0 Å². The molecule has 1 N–H and O–H groups in total. The lowest BCUT2D eigenvalue weighted by molar-refractivity contribution is -0.188. The fraction of sp³-hybridized carbons (Fsp3) is 0.412. The zero-order valence-electron chi connectivity index (χ0n) is 24.1. The van der Waals surface area contributed by atoms with Gasteiger partial charge in [-0.2, -0.15) is 0 Å². The lowest BCUT2D eigenvalue weighted by atomic mass is 10.1. The number of ether oxygens (including phenoxy) is 2. The van der Waals surface area contributed by atoms with Crippen molar-refractivity contribution in [1.29, 1.82) is 0 Å². The second kappa shape index (κ2) is 13.5. The summed E-state index contributed by atoms with van der Waals surface area (Å²) in [6, 6.07) is 18.4. The molecule has 2 atom stereocenters. The Morgan fingerprint density at radius 3 is 2.43 bits per heavy atom. The van der Waals surface area contributed by atoms with Gasteiger partial charge in [-0.3, -0.25) is 4.90 Å². The highest BCUT2D eigenvalue weighted by Gasteiger charge is 2.21. The second-order valence-corrected chi connectivity index (χ2v) is 11.2. The third kappa shape index (κ3) is 7.36. The molecule has 8 nitrogen and oxygen atoms in total. The molecular formula is C34H38N4O4. The maximum atomic E-state index is 9.70. The number of hydrogen-bond donors (Lipinski definition) is 1. The Kier molecular flexibility index (Phi) is 9.12. The first-order valence-corrected chi connectivity index (χ1v) is 14.9. The van der Waals surface area contributed by atoms with Crippen LogP contribution in [-0.4, -0.2) is 56.8 Å². The van der Waals surface area contributed by atoms with Crippen LogP contribution < -0.4 is 0 Å². The molecule has 0 radical (unpaired) electrons. The molecule has 0 spiro atoms. The Balaban J connectivity index is 1.04. The van der Waals surface area contributed by atoms with Gasteiger partial charge in [0, 0.05) is 61.4 Å². The summed E-state index contributed by atoms with van der Waals surface area (Å²) in [4.78, 5) is 6.92. The van der Waals surface area contributed by atoms with Gasteiger partial charge >= 0.3 is 0 Å². The SMILES string of the molecule is C[C@H](OC1CCCCO1)c1nccn1Cc1cc(-c2ccc(C#Cc3ccc(CN4CCC(O)CC4)cc3)cc2)on1. The average molecular weight is 567 g/mol. The fourth-order valence-electron chi connectivity index (χ4n) is 5.51. The molecule has 0 amide bonds. The minimum atomic E-state index is -0.184. The molecule has 2 aliphatic rings. The van der Waals surface area contributed by atoms with E-state index in [2.05, 4.69) is 51.1 Å². The van der Waals surface area contributed by atoms with Gasteiger partial charge in [0.25, 0.3) is 0 Å². The smallest absolute Gasteiger partial charge is 0.167 e. The van der Waals surface area contributed by atoms with Crippen molar-refractivity contribution in [3.63, 3.8) is 0 Å². The monoisotopic (exact) mass is 566 g/mol. The number of nitrogens with zero attached hydrogens (tertiary/aromatic N) is 4. The van der Waals surface area contributed by atoms with Crippen molar-refractivity contribution in [3.8, 4) is 23.2 Å². The van der Waals surface area contributed by atoms with Crippen molar-refractivity contribution in [2.75, 3.05) is 19.7 Å². The number of likely N-dealkylation sites (tertiary alicyclic amines) is 1. The summed E-state index contributed by atoms with van der Waals surface area (Å²) in [6.45, 7) is 6.12. The van der Waals surface area contributed by atoms with Gasteiger partial charge in [-0.1, -0.05) is 29.1 Å². The quantitative estimate of drug-likeness (QED) is 0.280. The molecular weight excluding hydrogens is 528 g/mol. The Bertz CT molecular complexity index is 1480. The van der Waals surface area contributed by atoms with Crippen molar-refractivity contribution < 1.29 is 19.1 Å². The van der Waals surface area contributed by atoms with Gasteiger partial charge in [0.05, 0.1) is 12.6 Å². The number of benzene rings is 2. The van der Waals surface area contributed by atoms with Crippen LogP contribution in [0.25, 0.3) is 11.3 Å². The summed E-state index contributed by atoms with van der Waals surface area (Å²) in [6.07, 6.45) is 8.09. The number of rotatable bonds is 8. The Morgan fingerprint density at radius 1 is 0.976 bits per heavy atom. The lowest BCUT2D eigenvalue weighted by Gasteiger charge is -2.29. The van der Waals surface area contributed by atoms with E-state index in [-0.39, 0.29) is 18.5 Å². The summed E-state index contributed by atoms with van der Waals surface area (Å²) < 4.78 is 19.6. The van der Waals surface area contributed by atoms with E-state index < -0.39 is 0 Å². The Morgan fingerprint density at radius 2 is 1.71 bits per heavy atom. The molecule has 2 aromatic carbocycles. The standard InChI is InChI=1S/C34H38N4O4/c1-25(41-33-4-2-3-21-40-33)34-35-17-20-38(34)24-30-22-32(42-36-30)29-13-11-27(12-14-29)6-5-26-7-9-28(10-8-26)23-37-18-15-31(39)16-19-37/h7-14,17,20,22,25,31,33,39H,2-4,15-16,18-19,21,23-24H2,1H3/t25-,33?/m0/s1. The van der Waals surface area contributed by atoms with Crippen LogP contribution in [0.2, 0.25) is 0 Å². The molecule has 4 heterocycles.